The minimum absolute atomic E-state index is 0. The summed E-state index contributed by atoms with van der Waals surface area (Å²) in [5, 5.41) is 11.2. The minimum atomic E-state index is 0. The minimum Gasteiger partial charge on any atom is -0.357 e. The van der Waals surface area contributed by atoms with Crippen LogP contribution in [0.4, 0.5) is 0 Å². The lowest BCUT2D eigenvalue weighted by Crippen LogP contribution is -2.38. The zero-order valence-corrected chi connectivity index (χ0v) is 17.8. The van der Waals surface area contributed by atoms with Gasteiger partial charge in [0.15, 0.2) is 5.96 Å². The van der Waals surface area contributed by atoms with E-state index in [1.165, 1.54) is 5.69 Å². The molecule has 0 radical (unpaired) electrons. The van der Waals surface area contributed by atoms with Gasteiger partial charge in [-0.3, -0.25) is 9.67 Å². The SMILES string of the molecule is CCNC(=NCC(C)Cn1nc(C)cc1C)NCCC(C)C.I. The van der Waals surface area contributed by atoms with Crippen molar-refractivity contribution < 1.29 is 0 Å². The van der Waals surface area contributed by atoms with Crippen molar-refractivity contribution in [3.63, 3.8) is 0 Å². The Hall–Kier alpha value is -0.790. The fourth-order valence-corrected chi connectivity index (χ4v) is 2.28. The third-order valence-electron chi connectivity index (χ3n) is 3.51. The molecule has 0 aliphatic rings. The van der Waals surface area contributed by atoms with Gasteiger partial charge in [0, 0.05) is 31.9 Å². The zero-order chi connectivity index (χ0) is 16.5. The highest BCUT2D eigenvalue weighted by Crippen LogP contribution is 2.06. The topological polar surface area (TPSA) is 54.2 Å². The van der Waals surface area contributed by atoms with Gasteiger partial charge in [-0.15, -0.1) is 24.0 Å². The quantitative estimate of drug-likeness (QED) is 0.374. The summed E-state index contributed by atoms with van der Waals surface area (Å²) < 4.78 is 2.08. The maximum atomic E-state index is 4.70. The molecular weight excluding hydrogens is 401 g/mol. The Kier molecular flexibility index (Phi) is 11.3. The molecule has 2 N–H and O–H groups in total. The molecule has 0 aliphatic heterocycles. The summed E-state index contributed by atoms with van der Waals surface area (Å²) in [6.07, 6.45) is 1.16. The predicted octanol–water partition coefficient (Wildman–Crippen LogP) is 3.36. The van der Waals surface area contributed by atoms with Crippen LogP contribution in [-0.4, -0.2) is 35.4 Å². The third kappa shape index (κ3) is 9.17. The average molecular weight is 435 g/mol. The summed E-state index contributed by atoms with van der Waals surface area (Å²) in [6, 6.07) is 2.12. The van der Waals surface area contributed by atoms with Crippen molar-refractivity contribution in [1.29, 1.82) is 0 Å². The molecule has 1 aromatic rings. The Balaban J connectivity index is 0.00000484. The van der Waals surface area contributed by atoms with E-state index in [-0.39, 0.29) is 24.0 Å². The number of rotatable bonds is 8. The van der Waals surface area contributed by atoms with Crippen molar-refractivity contribution in [1.82, 2.24) is 20.4 Å². The van der Waals surface area contributed by atoms with Crippen LogP contribution in [0.1, 0.15) is 45.5 Å². The van der Waals surface area contributed by atoms with E-state index in [0.29, 0.717) is 11.8 Å². The van der Waals surface area contributed by atoms with Crippen LogP contribution in [0.5, 0.6) is 0 Å². The van der Waals surface area contributed by atoms with Gasteiger partial charge < -0.3 is 10.6 Å². The highest BCUT2D eigenvalue weighted by Gasteiger charge is 2.07. The van der Waals surface area contributed by atoms with E-state index in [2.05, 4.69) is 61.1 Å². The van der Waals surface area contributed by atoms with Crippen LogP contribution in [0.2, 0.25) is 0 Å². The molecule has 23 heavy (non-hydrogen) atoms. The Morgan fingerprint density at radius 1 is 1.26 bits per heavy atom. The molecule has 5 nitrogen and oxygen atoms in total. The second-order valence-corrected chi connectivity index (χ2v) is 6.54. The summed E-state index contributed by atoms with van der Waals surface area (Å²) in [6.45, 7) is 16.5. The van der Waals surface area contributed by atoms with Gasteiger partial charge in [0.05, 0.1) is 5.69 Å². The molecule has 0 amide bonds. The van der Waals surface area contributed by atoms with Crippen LogP contribution in [0.15, 0.2) is 11.1 Å². The summed E-state index contributed by atoms with van der Waals surface area (Å²) in [5.74, 6) is 2.09. The molecule has 1 atom stereocenters. The number of nitrogens with one attached hydrogen (secondary N) is 2. The number of aryl methyl sites for hydroxylation is 2. The van der Waals surface area contributed by atoms with Gasteiger partial charge in [-0.2, -0.15) is 5.10 Å². The van der Waals surface area contributed by atoms with Crippen LogP contribution in [0, 0.1) is 25.7 Å². The maximum Gasteiger partial charge on any atom is 0.191 e. The number of nitrogens with zero attached hydrogens (tertiary/aromatic N) is 3. The van der Waals surface area contributed by atoms with Crippen molar-refractivity contribution in [3.05, 3.63) is 17.5 Å². The number of halogens is 1. The summed E-state index contributed by atoms with van der Waals surface area (Å²) in [5.41, 5.74) is 2.30. The second kappa shape index (κ2) is 11.7. The van der Waals surface area contributed by atoms with E-state index in [9.17, 15) is 0 Å². The lowest BCUT2D eigenvalue weighted by atomic mass is 10.1. The zero-order valence-electron chi connectivity index (χ0n) is 15.5. The van der Waals surface area contributed by atoms with Gasteiger partial charge in [-0.1, -0.05) is 20.8 Å². The van der Waals surface area contributed by atoms with Gasteiger partial charge in [0.2, 0.25) is 0 Å². The van der Waals surface area contributed by atoms with E-state index in [4.69, 9.17) is 4.99 Å². The molecule has 134 valence electrons. The Labute approximate surface area is 158 Å². The number of hydrogen-bond acceptors (Lipinski definition) is 2. The van der Waals surface area contributed by atoms with E-state index < -0.39 is 0 Å². The Morgan fingerprint density at radius 2 is 1.96 bits per heavy atom. The first kappa shape index (κ1) is 22.2. The van der Waals surface area contributed by atoms with Crippen LogP contribution in [-0.2, 0) is 6.54 Å². The van der Waals surface area contributed by atoms with Crippen molar-refractivity contribution in [2.45, 2.75) is 54.5 Å². The Morgan fingerprint density at radius 3 is 2.48 bits per heavy atom. The van der Waals surface area contributed by atoms with Crippen LogP contribution in [0.3, 0.4) is 0 Å². The molecule has 0 spiro atoms. The molecule has 0 saturated carbocycles. The number of aromatic nitrogens is 2. The largest absolute Gasteiger partial charge is 0.357 e. The molecule has 1 heterocycles. The molecule has 0 aliphatic carbocycles. The predicted molar refractivity (Wildman–Crippen MR) is 110 cm³/mol. The maximum absolute atomic E-state index is 4.70. The molecule has 1 rings (SSSR count). The van der Waals surface area contributed by atoms with Crippen molar-refractivity contribution in [3.8, 4) is 0 Å². The molecule has 1 unspecified atom stereocenters. The van der Waals surface area contributed by atoms with E-state index in [0.717, 1.165) is 44.3 Å². The van der Waals surface area contributed by atoms with Crippen LogP contribution >= 0.6 is 24.0 Å². The van der Waals surface area contributed by atoms with Crippen LogP contribution in [0.25, 0.3) is 0 Å². The number of guanidine groups is 1. The summed E-state index contributed by atoms with van der Waals surface area (Å²) in [7, 11) is 0. The van der Waals surface area contributed by atoms with Gasteiger partial charge >= 0.3 is 0 Å². The second-order valence-electron chi connectivity index (χ2n) is 6.54. The molecule has 6 heteroatoms. The van der Waals surface area contributed by atoms with Gasteiger partial charge in [-0.25, -0.2) is 0 Å². The van der Waals surface area contributed by atoms with E-state index in [1.54, 1.807) is 0 Å². The van der Waals surface area contributed by atoms with Crippen molar-refractivity contribution >= 4 is 29.9 Å². The fraction of sp³-hybridized carbons (Fsp3) is 0.765. The number of aliphatic imine (C=N–C) groups is 1. The van der Waals surface area contributed by atoms with Crippen molar-refractivity contribution in [2.75, 3.05) is 19.6 Å². The van der Waals surface area contributed by atoms with Gasteiger partial charge in [-0.05, 0) is 45.1 Å². The number of hydrogen-bond donors (Lipinski definition) is 2. The summed E-state index contributed by atoms with van der Waals surface area (Å²) in [4.78, 5) is 4.70. The molecular formula is C17H34IN5. The average Bonchev–Trinajstić information content (AvgIpc) is 2.73. The Bertz CT molecular complexity index is 468. The van der Waals surface area contributed by atoms with Crippen LogP contribution < -0.4 is 10.6 Å². The van der Waals surface area contributed by atoms with Crippen molar-refractivity contribution in [2.24, 2.45) is 16.8 Å². The van der Waals surface area contributed by atoms with Gasteiger partial charge in [0.1, 0.15) is 0 Å². The molecule has 1 aromatic heterocycles. The molecule has 0 fully saturated rings. The normalized spacial score (nSPS) is 12.9. The monoisotopic (exact) mass is 435 g/mol. The highest BCUT2D eigenvalue weighted by atomic mass is 127. The smallest absolute Gasteiger partial charge is 0.191 e. The first-order valence-corrected chi connectivity index (χ1v) is 8.45. The first-order chi connectivity index (χ1) is 10.4. The standard InChI is InChI=1S/C17H33N5.HI/c1-7-18-17(19-9-8-13(2)3)20-11-14(4)12-22-16(6)10-15(5)21-22;/h10,13-14H,7-9,11-12H2,1-6H3,(H2,18,19,20);1H. The highest BCUT2D eigenvalue weighted by molar-refractivity contribution is 14.0. The molecule has 0 aromatic carbocycles. The van der Waals surface area contributed by atoms with E-state index in [1.807, 2.05) is 6.92 Å². The first-order valence-electron chi connectivity index (χ1n) is 8.45. The fourth-order valence-electron chi connectivity index (χ4n) is 2.28. The van der Waals surface area contributed by atoms with Gasteiger partial charge in [0.25, 0.3) is 0 Å². The lowest BCUT2D eigenvalue weighted by molar-refractivity contribution is 0.449. The summed E-state index contributed by atoms with van der Waals surface area (Å²) >= 11 is 0. The molecule has 0 bridgehead atoms. The third-order valence-corrected chi connectivity index (χ3v) is 3.51. The lowest BCUT2D eigenvalue weighted by Gasteiger charge is -2.15. The molecule has 0 saturated heterocycles. The van der Waals surface area contributed by atoms with E-state index >= 15 is 0 Å².